The van der Waals surface area contributed by atoms with Gasteiger partial charge in [0.25, 0.3) is 31.9 Å². The Morgan fingerprint density at radius 2 is 0.820 bits per heavy atom. The Morgan fingerprint density at radius 3 is 1.14 bits per heavy atom. The fourth-order valence-corrected chi connectivity index (χ4v) is 6.99. The van der Waals surface area contributed by atoms with Gasteiger partial charge in [-0.3, -0.25) is 18.2 Å². The van der Waals surface area contributed by atoms with E-state index in [0.29, 0.717) is 33.6 Å². The summed E-state index contributed by atoms with van der Waals surface area (Å²) < 4.78 is 53.7. The Hall–Kier alpha value is -6.12. The van der Waals surface area contributed by atoms with Crippen LogP contribution in [0.1, 0.15) is 31.8 Å². The number of amides is 2. The zero-order chi connectivity index (χ0) is 35.7. The van der Waals surface area contributed by atoms with Crippen LogP contribution < -0.4 is 19.5 Å². The first-order valence-corrected chi connectivity index (χ1v) is 17.9. The molecular formula is C36H32N6O6S2. The molecule has 0 radical (unpaired) electrons. The Balaban J connectivity index is 1.10. The van der Waals surface area contributed by atoms with E-state index >= 15 is 0 Å². The Labute approximate surface area is 290 Å². The van der Waals surface area contributed by atoms with Crippen LogP contribution in [-0.2, 0) is 20.0 Å². The highest BCUT2D eigenvalue weighted by molar-refractivity contribution is 7.93. The second-order valence-electron chi connectivity index (χ2n) is 10.7. The molecule has 0 aliphatic rings. The molecule has 2 amide bonds. The number of anilines is 2. The molecule has 14 heteroatoms. The summed E-state index contributed by atoms with van der Waals surface area (Å²) in [4.78, 5) is 25.5. The van der Waals surface area contributed by atoms with E-state index in [4.69, 9.17) is 0 Å². The quantitative estimate of drug-likeness (QED) is 0.139. The average molecular weight is 709 g/mol. The van der Waals surface area contributed by atoms with Gasteiger partial charge in [0.1, 0.15) is 0 Å². The fourth-order valence-electron chi connectivity index (χ4n) is 4.55. The molecule has 5 rings (SSSR count). The number of carbonyl (C=O) groups excluding carboxylic acids is 2. The zero-order valence-electron chi connectivity index (χ0n) is 26.9. The molecule has 0 bridgehead atoms. The van der Waals surface area contributed by atoms with Gasteiger partial charge >= 0.3 is 0 Å². The molecule has 0 aromatic heterocycles. The van der Waals surface area contributed by atoms with E-state index < -0.39 is 31.9 Å². The third-order valence-corrected chi connectivity index (χ3v) is 11.1. The second kappa shape index (κ2) is 15.4. The van der Waals surface area contributed by atoms with Crippen molar-refractivity contribution in [1.82, 2.24) is 10.9 Å². The van der Waals surface area contributed by atoms with Crippen LogP contribution in [0.4, 0.5) is 11.4 Å². The minimum atomic E-state index is -3.74. The number of carbonyl (C=O) groups is 2. The Morgan fingerprint density at radius 1 is 0.500 bits per heavy atom. The predicted molar refractivity (Wildman–Crippen MR) is 194 cm³/mol. The van der Waals surface area contributed by atoms with Gasteiger partial charge in [0.15, 0.2) is 0 Å². The molecular weight excluding hydrogens is 677 g/mol. The molecule has 0 atom stereocenters. The van der Waals surface area contributed by atoms with Crippen molar-refractivity contribution in [3.63, 3.8) is 0 Å². The number of rotatable bonds is 12. The highest BCUT2D eigenvalue weighted by atomic mass is 32.2. The van der Waals surface area contributed by atoms with E-state index in [-0.39, 0.29) is 9.79 Å². The molecule has 5 aromatic rings. The topological polar surface area (TPSA) is 158 Å². The zero-order valence-corrected chi connectivity index (χ0v) is 28.5. The Bertz CT molecular complexity index is 2070. The van der Waals surface area contributed by atoms with Crippen LogP contribution in [0.15, 0.2) is 153 Å². The molecule has 0 aliphatic carbocycles. The molecule has 0 heterocycles. The maximum absolute atomic E-state index is 12.9. The molecule has 5 aromatic carbocycles. The fraction of sp³-hybridized carbons (Fsp3) is 0.0556. The van der Waals surface area contributed by atoms with Crippen molar-refractivity contribution in [2.45, 2.75) is 9.79 Å². The summed E-state index contributed by atoms with van der Waals surface area (Å²) >= 11 is 0. The molecule has 0 saturated carbocycles. The number of benzene rings is 5. The van der Waals surface area contributed by atoms with E-state index in [1.54, 1.807) is 84.9 Å². The van der Waals surface area contributed by atoms with Crippen LogP contribution >= 0.6 is 0 Å². The van der Waals surface area contributed by atoms with Crippen LogP contribution in [0.2, 0.25) is 0 Å². The van der Waals surface area contributed by atoms with Crippen molar-refractivity contribution in [2.75, 3.05) is 22.7 Å². The molecule has 50 heavy (non-hydrogen) atoms. The monoisotopic (exact) mass is 708 g/mol. The molecule has 0 spiro atoms. The summed E-state index contributed by atoms with van der Waals surface area (Å²) in [5.41, 5.74) is 7.65. The van der Waals surface area contributed by atoms with Crippen LogP contribution in [0.25, 0.3) is 0 Å². The lowest BCUT2D eigenvalue weighted by molar-refractivity contribution is 0.0947. The van der Waals surface area contributed by atoms with E-state index in [9.17, 15) is 26.4 Å². The third-order valence-electron chi connectivity index (χ3n) is 7.49. The van der Waals surface area contributed by atoms with Gasteiger partial charge in [-0.25, -0.2) is 27.7 Å². The number of sulfonamides is 2. The van der Waals surface area contributed by atoms with E-state index in [2.05, 4.69) is 21.1 Å². The van der Waals surface area contributed by atoms with Crippen LogP contribution in [-0.4, -0.2) is 55.2 Å². The minimum absolute atomic E-state index is 0.162. The third kappa shape index (κ3) is 8.29. The molecule has 12 nitrogen and oxygen atoms in total. The van der Waals surface area contributed by atoms with Crippen LogP contribution in [0, 0.1) is 0 Å². The van der Waals surface area contributed by atoms with Gasteiger partial charge in [-0.15, -0.1) is 0 Å². The first kappa shape index (κ1) is 35.2. The SMILES string of the molecule is CN(c1ccc(C(=O)NN=Cc2ccc(C=NNC(=O)c3ccc(N(C)S(=O)(=O)c4ccccc4)cc3)cc2)cc1)S(=O)(=O)c1ccccc1. The van der Waals surface area contributed by atoms with Crippen molar-refractivity contribution >= 4 is 55.7 Å². The summed E-state index contributed by atoms with van der Waals surface area (Å²) in [6.07, 6.45) is 2.92. The van der Waals surface area contributed by atoms with Gasteiger partial charge < -0.3 is 0 Å². The van der Waals surface area contributed by atoms with Crippen molar-refractivity contribution in [2.24, 2.45) is 10.2 Å². The molecule has 0 saturated heterocycles. The summed E-state index contributed by atoms with van der Waals surface area (Å²) in [6.45, 7) is 0. The number of hydrogen-bond donors (Lipinski definition) is 2. The van der Waals surface area contributed by atoms with Crippen LogP contribution in [0.3, 0.4) is 0 Å². The van der Waals surface area contributed by atoms with Gasteiger partial charge in [-0.1, -0.05) is 60.7 Å². The number of hydrogen-bond acceptors (Lipinski definition) is 8. The average Bonchev–Trinajstić information content (AvgIpc) is 3.15. The van der Waals surface area contributed by atoms with Gasteiger partial charge in [-0.2, -0.15) is 10.2 Å². The molecule has 254 valence electrons. The van der Waals surface area contributed by atoms with Gasteiger partial charge in [0.2, 0.25) is 0 Å². The first-order valence-electron chi connectivity index (χ1n) is 15.0. The minimum Gasteiger partial charge on any atom is -0.269 e. The van der Waals surface area contributed by atoms with Crippen molar-refractivity contribution in [3.8, 4) is 0 Å². The summed E-state index contributed by atoms with van der Waals surface area (Å²) in [5.74, 6) is -0.945. The van der Waals surface area contributed by atoms with E-state index in [1.807, 2.05) is 0 Å². The molecule has 2 N–H and O–H groups in total. The summed E-state index contributed by atoms with van der Waals surface area (Å²) in [6, 6.07) is 35.3. The largest absolute Gasteiger partial charge is 0.271 e. The summed E-state index contributed by atoms with van der Waals surface area (Å²) in [5, 5.41) is 7.98. The van der Waals surface area contributed by atoms with Gasteiger partial charge in [0.05, 0.1) is 33.6 Å². The molecule has 0 unspecified atom stereocenters. The highest BCUT2D eigenvalue weighted by Gasteiger charge is 2.22. The maximum Gasteiger partial charge on any atom is 0.271 e. The normalized spacial score (nSPS) is 11.7. The lowest BCUT2D eigenvalue weighted by Gasteiger charge is -2.19. The van der Waals surface area contributed by atoms with Crippen molar-refractivity contribution in [3.05, 3.63) is 156 Å². The van der Waals surface area contributed by atoms with Gasteiger partial charge in [-0.05, 0) is 83.9 Å². The standard InChI is InChI=1S/C36H32N6O6S2/c1-41(49(45,46)33-9-5-3-6-10-33)31-21-17-29(18-22-31)35(43)39-37-25-27-13-15-28(16-14-27)26-38-40-36(44)30-19-23-32(24-20-30)42(2)50(47,48)34-11-7-4-8-12-34/h3-26H,1-2H3,(H,39,43)(H,40,44). The van der Waals surface area contributed by atoms with E-state index in [1.165, 1.54) is 75.1 Å². The first-order chi connectivity index (χ1) is 24.0. The smallest absolute Gasteiger partial charge is 0.269 e. The van der Waals surface area contributed by atoms with E-state index in [0.717, 1.165) is 8.61 Å². The number of nitrogens with zero attached hydrogens (tertiary/aromatic N) is 4. The number of hydrazone groups is 2. The number of nitrogens with one attached hydrogen (secondary N) is 2. The summed E-state index contributed by atoms with van der Waals surface area (Å²) in [7, 11) is -4.60. The molecule has 0 fully saturated rings. The van der Waals surface area contributed by atoms with Gasteiger partial charge in [0, 0.05) is 25.2 Å². The lowest BCUT2D eigenvalue weighted by Crippen LogP contribution is -2.26. The van der Waals surface area contributed by atoms with Crippen molar-refractivity contribution < 1.29 is 26.4 Å². The second-order valence-corrected chi connectivity index (χ2v) is 14.7. The van der Waals surface area contributed by atoms with Crippen molar-refractivity contribution in [1.29, 1.82) is 0 Å². The lowest BCUT2D eigenvalue weighted by atomic mass is 10.2. The Kier molecular flexibility index (Phi) is 10.8. The highest BCUT2D eigenvalue weighted by Crippen LogP contribution is 2.23. The van der Waals surface area contributed by atoms with Crippen LogP contribution in [0.5, 0.6) is 0 Å². The maximum atomic E-state index is 12.9. The predicted octanol–water partition coefficient (Wildman–Crippen LogP) is 4.86. The molecule has 0 aliphatic heterocycles.